The summed E-state index contributed by atoms with van der Waals surface area (Å²) in [6, 6.07) is 11.1. The molecule has 0 aromatic heterocycles. The number of urea groups is 1. The van der Waals surface area contributed by atoms with E-state index < -0.39 is 23.0 Å². The molecular weight excluding hydrogens is 462 g/mol. The predicted molar refractivity (Wildman–Crippen MR) is 136 cm³/mol. The number of hydrogen-bond acceptors (Lipinski definition) is 7. The maximum Gasteiger partial charge on any atom is 0.338 e. The van der Waals surface area contributed by atoms with Gasteiger partial charge in [-0.3, -0.25) is 15.0 Å². The summed E-state index contributed by atoms with van der Waals surface area (Å²) < 4.78 is 5.32. The van der Waals surface area contributed by atoms with E-state index in [1.165, 1.54) is 28.9 Å². The average Bonchev–Trinajstić information content (AvgIpc) is 2.84. The van der Waals surface area contributed by atoms with Crippen molar-refractivity contribution in [1.29, 1.82) is 0 Å². The van der Waals surface area contributed by atoms with Gasteiger partial charge in [-0.1, -0.05) is 17.7 Å². The molecule has 1 saturated heterocycles. The third-order valence-electron chi connectivity index (χ3n) is 6.53. The molecule has 190 valence electrons. The van der Waals surface area contributed by atoms with Gasteiger partial charge in [0.1, 0.15) is 0 Å². The van der Waals surface area contributed by atoms with Crippen LogP contribution in [0.4, 0.5) is 16.2 Å². The highest BCUT2D eigenvalue weighted by atomic mass is 16.6. The van der Waals surface area contributed by atoms with Crippen LogP contribution in [0.1, 0.15) is 29.7 Å². The molecule has 2 N–H and O–H groups in total. The molecule has 2 aromatic carbocycles. The lowest BCUT2D eigenvalue weighted by molar-refractivity contribution is -0.384. The van der Waals surface area contributed by atoms with Crippen LogP contribution >= 0.6 is 0 Å². The molecule has 0 aliphatic carbocycles. The van der Waals surface area contributed by atoms with Crippen molar-refractivity contribution < 1.29 is 19.2 Å². The minimum absolute atomic E-state index is 0.0671. The van der Waals surface area contributed by atoms with Gasteiger partial charge in [-0.15, -0.1) is 0 Å². The fraction of sp³-hybridized carbons (Fsp3) is 0.385. The fourth-order valence-corrected chi connectivity index (χ4v) is 4.76. The van der Waals surface area contributed by atoms with E-state index in [1.807, 2.05) is 0 Å². The molecule has 2 aliphatic rings. The summed E-state index contributed by atoms with van der Waals surface area (Å²) in [6.07, 6.45) is 0. The Morgan fingerprint density at radius 2 is 1.81 bits per heavy atom. The molecular formula is C26H31N5O5. The largest absolute Gasteiger partial charge is 0.463 e. The SMILES string of the molecule is CCOC(=O)C1=C(CN2CCN(c3ccc(C)cc3C)CC2)NC(=O)N[C@@H]1c1ccc([N+](=O)[O-])cc1. The van der Waals surface area contributed by atoms with E-state index in [4.69, 9.17) is 4.74 Å². The first kappa shape index (κ1) is 25.2. The van der Waals surface area contributed by atoms with Crippen LogP contribution in [-0.2, 0) is 9.53 Å². The Hall–Kier alpha value is -3.92. The van der Waals surface area contributed by atoms with Crippen molar-refractivity contribution in [1.82, 2.24) is 15.5 Å². The second-order valence-corrected chi connectivity index (χ2v) is 9.05. The molecule has 2 aromatic rings. The number of anilines is 1. The van der Waals surface area contributed by atoms with Crippen LogP contribution in [0.5, 0.6) is 0 Å². The highest BCUT2D eigenvalue weighted by Crippen LogP contribution is 2.30. The van der Waals surface area contributed by atoms with Gasteiger partial charge in [-0.25, -0.2) is 9.59 Å². The number of ether oxygens (including phenoxy) is 1. The van der Waals surface area contributed by atoms with E-state index in [1.54, 1.807) is 19.1 Å². The van der Waals surface area contributed by atoms with Crippen LogP contribution in [0.3, 0.4) is 0 Å². The minimum Gasteiger partial charge on any atom is -0.463 e. The Labute approximate surface area is 210 Å². The molecule has 36 heavy (non-hydrogen) atoms. The quantitative estimate of drug-likeness (QED) is 0.346. The maximum absolute atomic E-state index is 13.0. The zero-order valence-electron chi connectivity index (χ0n) is 20.7. The number of non-ortho nitro benzene ring substituents is 1. The van der Waals surface area contributed by atoms with Gasteiger partial charge >= 0.3 is 12.0 Å². The average molecular weight is 494 g/mol. The number of benzene rings is 2. The topological polar surface area (TPSA) is 117 Å². The first-order valence-corrected chi connectivity index (χ1v) is 12.0. The van der Waals surface area contributed by atoms with Crippen molar-refractivity contribution in [2.24, 2.45) is 0 Å². The molecule has 1 atom stereocenters. The fourth-order valence-electron chi connectivity index (χ4n) is 4.76. The van der Waals surface area contributed by atoms with Gasteiger partial charge in [-0.05, 0) is 50.1 Å². The molecule has 10 nitrogen and oxygen atoms in total. The Morgan fingerprint density at radius 3 is 2.42 bits per heavy atom. The second-order valence-electron chi connectivity index (χ2n) is 9.05. The minimum atomic E-state index is -0.773. The summed E-state index contributed by atoms with van der Waals surface area (Å²) in [6.45, 7) is 9.66. The third-order valence-corrected chi connectivity index (χ3v) is 6.53. The van der Waals surface area contributed by atoms with Gasteiger partial charge in [0.15, 0.2) is 0 Å². The van der Waals surface area contributed by atoms with Crippen LogP contribution in [0.2, 0.25) is 0 Å². The van der Waals surface area contributed by atoms with E-state index >= 15 is 0 Å². The number of nitro benzene ring substituents is 1. The summed E-state index contributed by atoms with van der Waals surface area (Å²) in [4.78, 5) is 40.7. The summed E-state index contributed by atoms with van der Waals surface area (Å²) in [5.41, 5.74) is 4.99. The van der Waals surface area contributed by atoms with E-state index in [0.29, 0.717) is 23.4 Å². The summed E-state index contributed by atoms with van der Waals surface area (Å²) in [5.74, 6) is -0.530. The number of esters is 1. The van der Waals surface area contributed by atoms with E-state index in [0.717, 1.165) is 26.2 Å². The Kier molecular flexibility index (Phi) is 7.54. The van der Waals surface area contributed by atoms with Gasteiger partial charge < -0.3 is 20.3 Å². The van der Waals surface area contributed by atoms with Crippen LogP contribution < -0.4 is 15.5 Å². The highest BCUT2D eigenvalue weighted by Gasteiger charge is 2.35. The summed E-state index contributed by atoms with van der Waals surface area (Å²) >= 11 is 0. The number of carbonyl (C=O) groups excluding carboxylic acids is 2. The number of hydrogen-bond donors (Lipinski definition) is 2. The number of carbonyl (C=O) groups is 2. The van der Waals surface area contributed by atoms with Crippen LogP contribution in [0.15, 0.2) is 53.7 Å². The van der Waals surface area contributed by atoms with Crippen molar-refractivity contribution in [2.75, 3.05) is 44.2 Å². The van der Waals surface area contributed by atoms with Crippen molar-refractivity contribution in [3.63, 3.8) is 0 Å². The van der Waals surface area contributed by atoms with Gasteiger partial charge in [0.2, 0.25) is 0 Å². The zero-order chi connectivity index (χ0) is 25.8. The Bertz CT molecular complexity index is 1190. The molecule has 0 bridgehead atoms. The van der Waals surface area contributed by atoms with Gasteiger partial charge in [-0.2, -0.15) is 0 Å². The molecule has 0 radical (unpaired) electrons. The molecule has 0 spiro atoms. The summed E-state index contributed by atoms with van der Waals surface area (Å²) in [5, 5.41) is 16.6. The standard InChI is InChI=1S/C26H31N5O5/c1-4-36-25(32)23-21(27-26(33)28-24(23)19-6-8-20(9-7-19)31(34)35)16-29-11-13-30(14-12-29)22-10-5-17(2)15-18(22)3/h5-10,15,24H,4,11-14,16H2,1-3H3,(H2,27,28,33)/t24-/m1/s1. The first-order chi connectivity index (χ1) is 17.3. The molecule has 1 fully saturated rings. The third kappa shape index (κ3) is 5.49. The Balaban J connectivity index is 1.56. The van der Waals surface area contributed by atoms with Crippen molar-refractivity contribution in [3.8, 4) is 0 Å². The molecule has 2 amide bonds. The van der Waals surface area contributed by atoms with Crippen LogP contribution in [0.25, 0.3) is 0 Å². The van der Waals surface area contributed by atoms with E-state index in [-0.39, 0.29) is 12.3 Å². The van der Waals surface area contributed by atoms with Gasteiger partial charge in [0, 0.05) is 56.2 Å². The molecule has 2 heterocycles. The monoisotopic (exact) mass is 493 g/mol. The molecule has 0 saturated carbocycles. The lowest BCUT2D eigenvalue weighted by atomic mass is 9.94. The number of amides is 2. The zero-order valence-corrected chi connectivity index (χ0v) is 20.7. The van der Waals surface area contributed by atoms with E-state index in [2.05, 4.69) is 52.5 Å². The van der Waals surface area contributed by atoms with Gasteiger partial charge in [0.05, 0.1) is 23.1 Å². The van der Waals surface area contributed by atoms with Crippen molar-refractivity contribution in [3.05, 3.63) is 80.5 Å². The number of piperazine rings is 1. The first-order valence-electron chi connectivity index (χ1n) is 12.0. The van der Waals surface area contributed by atoms with Crippen molar-refractivity contribution >= 4 is 23.4 Å². The number of nitrogens with zero attached hydrogens (tertiary/aromatic N) is 3. The summed E-state index contributed by atoms with van der Waals surface area (Å²) in [7, 11) is 0. The lowest BCUT2D eigenvalue weighted by Crippen LogP contribution is -2.52. The highest BCUT2D eigenvalue weighted by molar-refractivity contribution is 5.95. The normalized spacial score (nSPS) is 18.5. The predicted octanol–water partition coefficient (Wildman–Crippen LogP) is 3.20. The van der Waals surface area contributed by atoms with E-state index in [9.17, 15) is 19.7 Å². The number of aryl methyl sites for hydroxylation is 2. The van der Waals surface area contributed by atoms with Crippen LogP contribution in [-0.4, -0.2) is 61.2 Å². The Morgan fingerprint density at radius 1 is 1.11 bits per heavy atom. The molecule has 4 rings (SSSR count). The van der Waals surface area contributed by atoms with Crippen molar-refractivity contribution in [2.45, 2.75) is 26.8 Å². The maximum atomic E-state index is 13.0. The smallest absolute Gasteiger partial charge is 0.338 e. The molecule has 2 aliphatic heterocycles. The molecule has 0 unspecified atom stereocenters. The second kappa shape index (κ2) is 10.8. The number of nitrogens with one attached hydrogen (secondary N) is 2. The molecule has 10 heteroatoms. The number of rotatable bonds is 7. The number of nitro groups is 1. The lowest BCUT2D eigenvalue weighted by Gasteiger charge is -2.38. The van der Waals surface area contributed by atoms with Gasteiger partial charge in [0.25, 0.3) is 5.69 Å². The van der Waals surface area contributed by atoms with Crippen LogP contribution in [0, 0.1) is 24.0 Å².